The Morgan fingerprint density at radius 3 is 1.56 bits per heavy atom. The lowest BCUT2D eigenvalue weighted by molar-refractivity contribution is 0.680. The lowest BCUT2D eigenvalue weighted by atomic mass is 9.83. The molecule has 19 rings (SSSR count). The van der Waals surface area contributed by atoms with Crippen LogP contribution in [0.25, 0.3) is 142 Å². The van der Waals surface area contributed by atoms with Gasteiger partial charge in [0.15, 0.2) is 0 Å². The Hall–Kier alpha value is -12.1. The maximum Gasteiger partial charge on any atom is 0.121 e. The highest BCUT2D eigenvalue weighted by Gasteiger charge is 2.31. The monoisotopic (exact) mass is 1220 g/mol. The van der Waals surface area contributed by atoms with Gasteiger partial charge in [-0.05, 0) is 223 Å². The molecule has 0 saturated heterocycles. The number of rotatable bonds is 11. The molecule has 2 unspecified atom stereocenters. The van der Waals surface area contributed by atoms with Gasteiger partial charge in [0.2, 0.25) is 0 Å². The minimum absolute atomic E-state index is 0.0373. The van der Waals surface area contributed by atoms with Crippen molar-refractivity contribution in [3.05, 3.63) is 351 Å². The molecule has 1 N–H and O–H groups in total. The van der Waals surface area contributed by atoms with E-state index in [2.05, 4.69) is 348 Å². The van der Waals surface area contributed by atoms with Crippen LogP contribution in [-0.2, 0) is 6.42 Å². The zero-order valence-electron chi connectivity index (χ0n) is 52.9. The molecule has 0 amide bonds. The standard InChI is InChI=1S/C92H64N4/c1-2-25-71(26-3-1)96-86-53-37-59(38-54-87-93-83-35-16-17-36-85(83)95(87)72-50-47-64(48-51-72)88-77-30-12-14-32-79(77)91(80-33-15-13-31-78(80)88)74-34-18-24-63-21-8-9-27-73(63)74)55-84(86)94-92(96)65-43-39-62(40-44-65)68-49-52-81-82(58-68)90(70-46-42-61-20-5-7-23-67(61)57-70)76-29-11-10-28-75(76)89(81)69-45-41-60-19-4-6-22-66(60)56-69/h1-37,39-43,45-53,55-58,65,87,93H,38,44,54H2. The van der Waals surface area contributed by atoms with Gasteiger partial charge in [0.05, 0.1) is 22.4 Å². The van der Waals surface area contributed by atoms with Gasteiger partial charge in [0.25, 0.3) is 0 Å². The van der Waals surface area contributed by atoms with Crippen LogP contribution in [-0.4, -0.2) is 15.7 Å². The molecular weight excluding hydrogens is 1160 g/mol. The number of nitrogens with zero attached hydrogens (tertiary/aromatic N) is 3. The molecule has 2 atom stereocenters. The summed E-state index contributed by atoms with van der Waals surface area (Å²) in [5.74, 6) is 1.11. The van der Waals surface area contributed by atoms with E-state index in [1.54, 1.807) is 0 Å². The number of aryl methyl sites for hydroxylation is 1. The van der Waals surface area contributed by atoms with Crippen LogP contribution in [0.1, 0.15) is 35.7 Å². The third-order valence-electron chi connectivity index (χ3n) is 20.6. The Morgan fingerprint density at radius 2 is 0.906 bits per heavy atom. The van der Waals surface area contributed by atoms with Crippen LogP contribution < -0.4 is 10.2 Å². The number of nitrogens with one attached hydrogen (secondary N) is 1. The van der Waals surface area contributed by atoms with Crippen molar-refractivity contribution in [3.8, 4) is 50.2 Å². The van der Waals surface area contributed by atoms with E-state index in [0.29, 0.717) is 0 Å². The van der Waals surface area contributed by atoms with Crippen LogP contribution in [0, 0.1) is 0 Å². The van der Waals surface area contributed by atoms with Crippen LogP contribution in [0.5, 0.6) is 0 Å². The number of hydrogen-bond acceptors (Lipinski definition) is 3. The Bertz CT molecular complexity index is 5990. The molecule has 96 heavy (non-hydrogen) atoms. The van der Waals surface area contributed by atoms with E-state index < -0.39 is 0 Å². The molecule has 1 aliphatic heterocycles. The first-order valence-electron chi connectivity index (χ1n) is 33.7. The summed E-state index contributed by atoms with van der Waals surface area (Å²) >= 11 is 0. The van der Waals surface area contributed by atoms with E-state index in [-0.39, 0.29) is 12.1 Å². The summed E-state index contributed by atoms with van der Waals surface area (Å²) in [5, 5.41) is 21.4. The highest BCUT2D eigenvalue weighted by molar-refractivity contribution is 6.25. The van der Waals surface area contributed by atoms with Crippen LogP contribution >= 0.6 is 0 Å². The second-order valence-corrected chi connectivity index (χ2v) is 26.0. The van der Waals surface area contributed by atoms with Crippen molar-refractivity contribution in [3.63, 3.8) is 0 Å². The van der Waals surface area contributed by atoms with Crippen molar-refractivity contribution >= 4 is 109 Å². The number of fused-ring (bicyclic) bond motifs is 9. The molecule has 16 aromatic carbocycles. The summed E-state index contributed by atoms with van der Waals surface area (Å²) < 4.78 is 2.39. The third-order valence-corrected chi connectivity index (χ3v) is 20.6. The SMILES string of the molecule is C1=CC(c2nc3cc(CCC4Nc5ccccc5N4c4ccc(-c5c6ccccc6c(-c6cccc7ccccc67)c6ccccc56)cc4)ccc3n2-c2ccccc2)CC=C1c1ccc2c(-c3ccc4ccccc4c3)c3ccccc3c(-c3ccc4ccccc4c3)c2c1. The molecule has 0 fully saturated rings. The summed E-state index contributed by atoms with van der Waals surface area (Å²) in [6.07, 6.45) is 9.79. The molecule has 2 aliphatic rings. The van der Waals surface area contributed by atoms with Crippen molar-refractivity contribution in [2.45, 2.75) is 31.3 Å². The summed E-state index contributed by atoms with van der Waals surface area (Å²) in [6, 6.07) is 117. The normalized spacial score (nSPS) is 14.6. The first-order valence-corrected chi connectivity index (χ1v) is 33.7. The average Bonchev–Trinajstić information content (AvgIpc) is 1.05. The molecule has 1 aromatic heterocycles. The molecule has 4 nitrogen and oxygen atoms in total. The van der Waals surface area contributed by atoms with Gasteiger partial charge < -0.3 is 10.2 Å². The number of hydrogen-bond donors (Lipinski definition) is 1. The summed E-state index contributed by atoms with van der Waals surface area (Å²) in [6.45, 7) is 0. The van der Waals surface area contributed by atoms with E-state index in [1.165, 1.54) is 142 Å². The fourth-order valence-electron chi connectivity index (χ4n) is 16.1. The van der Waals surface area contributed by atoms with Gasteiger partial charge in [-0.3, -0.25) is 4.57 Å². The largest absolute Gasteiger partial charge is 0.363 e. The number of anilines is 3. The predicted octanol–water partition coefficient (Wildman–Crippen LogP) is 24.4. The minimum atomic E-state index is 0.0373. The van der Waals surface area contributed by atoms with E-state index >= 15 is 0 Å². The number of para-hydroxylation sites is 3. The van der Waals surface area contributed by atoms with Crippen LogP contribution in [0.3, 0.4) is 0 Å². The Balaban J connectivity index is 0.638. The zero-order chi connectivity index (χ0) is 63.2. The van der Waals surface area contributed by atoms with Gasteiger partial charge in [-0.25, -0.2) is 4.98 Å². The van der Waals surface area contributed by atoms with Crippen LogP contribution in [0.15, 0.2) is 334 Å². The number of allylic oxidation sites excluding steroid dienone is 4. The second-order valence-electron chi connectivity index (χ2n) is 26.0. The Kier molecular flexibility index (Phi) is 13.2. The molecule has 0 spiro atoms. The maximum absolute atomic E-state index is 5.60. The number of imidazole rings is 1. The molecule has 1 aliphatic carbocycles. The van der Waals surface area contributed by atoms with Gasteiger partial charge in [0.1, 0.15) is 12.0 Å². The van der Waals surface area contributed by atoms with Crippen molar-refractivity contribution in [1.29, 1.82) is 0 Å². The van der Waals surface area contributed by atoms with E-state index in [1.807, 2.05) is 0 Å². The van der Waals surface area contributed by atoms with E-state index in [9.17, 15) is 0 Å². The molecule has 0 radical (unpaired) electrons. The summed E-state index contributed by atoms with van der Waals surface area (Å²) in [5.41, 5.74) is 20.4. The molecule has 0 bridgehead atoms. The van der Waals surface area contributed by atoms with Crippen LogP contribution in [0.4, 0.5) is 17.1 Å². The minimum Gasteiger partial charge on any atom is -0.363 e. The van der Waals surface area contributed by atoms with Gasteiger partial charge in [-0.15, -0.1) is 0 Å². The molecule has 0 saturated carbocycles. The second kappa shape index (κ2) is 22.9. The Morgan fingerprint density at radius 1 is 0.375 bits per heavy atom. The maximum atomic E-state index is 5.60. The van der Waals surface area contributed by atoms with Crippen LogP contribution in [0.2, 0.25) is 0 Å². The smallest absolute Gasteiger partial charge is 0.121 e. The summed E-state index contributed by atoms with van der Waals surface area (Å²) in [7, 11) is 0. The lowest BCUT2D eigenvalue weighted by Gasteiger charge is -2.27. The topological polar surface area (TPSA) is 33.1 Å². The van der Waals surface area contributed by atoms with Crippen molar-refractivity contribution in [1.82, 2.24) is 9.55 Å². The first-order chi connectivity index (χ1) is 47.6. The van der Waals surface area contributed by atoms with Crippen molar-refractivity contribution in [2.24, 2.45) is 0 Å². The van der Waals surface area contributed by atoms with Gasteiger partial charge in [-0.1, -0.05) is 267 Å². The molecule has 17 aromatic rings. The predicted molar refractivity (Wildman–Crippen MR) is 407 cm³/mol. The third kappa shape index (κ3) is 9.31. The van der Waals surface area contributed by atoms with Crippen molar-refractivity contribution < 1.29 is 0 Å². The van der Waals surface area contributed by atoms with Gasteiger partial charge >= 0.3 is 0 Å². The number of benzene rings is 16. The molecular formula is C92H64N4. The summed E-state index contributed by atoms with van der Waals surface area (Å²) in [4.78, 5) is 8.10. The highest BCUT2D eigenvalue weighted by atomic mass is 15.3. The van der Waals surface area contributed by atoms with Gasteiger partial charge in [-0.2, -0.15) is 0 Å². The average molecular weight is 1230 g/mol. The highest BCUT2D eigenvalue weighted by Crippen LogP contribution is 2.49. The molecule has 452 valence electrons. The quantitative estimate of drug-likeness (QED) is 0.131. The fourth-order valence-corrected chi connectivity index (χ4v) is 16.1. The first kappa shape index (κ1) is 55.5. The number of aromatic nitrogens is 2. The fraction of sp³-hybridized carbons (Fsp3) is 0.0543. The van der Waals surface area contributed by atoms with Gasteiger partial charge in [0, 0.05) is 17.3 Å². The van der Waals surface area contributed by atoms with Crippen molar-refractivity contribution in [2.75, 3.05) is 10.2 Å². The van der Waals surface area contributed by atoms with E-state index in [0.717, 1.165) is 53.2 Å². The molecule has 4 heteroatoms. The zero-order valence-corrected chi connectivity index (χ0v) is 52.9. The lowest BCUT2D eigenvalue weighted by Crippen LogP contribution is -2.32. The Labute approximate surface area is 557 Å². The molecule has 2 heterocycles. The van der Waals surface area contributed by atoms with E-state index in [4.69, 9.17) is 4.98 Å².